The molecular formula is C22H24Cl2FN3O7. The largest absolute Gasteiger partial charge is 0.485 e. The normalized spacial score (nSPS) is 11.6. The highest BCUT2D eigenvalue weighted by Crippen LogP contribution is 2.33. The second kappa shape index (κ2) is 10.6. The molecule has 1 N–H and O–H groups in total. The number of carbonyl (C=O) groups is 3. The quantitative estimate of drug-likeness (QED) is 0.470. The van der Waals surface area contributed by atoms with Crippen molar-refractivity contribution in [3.05, 3.63) is 45.3 Å². The molecule has 0 bridgehead atoms. The molecule has 0 saturated heterocycles. The summed E-state index contributed by atoms with van der Waals surface area (Å²) in [6, 6.07) is 3.24. The fourth-order valence-electron chi connectivity index (χ4n) is 2.45. The molecule has 35 heavy (non-hydrogen) atoms. The average molecular weight is 532 g/mol. The highest BCUT2D eigenvalue weighted by molar-refractivity contribution is 6.36. The number of imide groups is 1. The Morgan fingerprint density at radius 1 is 1.00 bits per heavy atom. The van der Waals surface area contributed by atoms with Gasteiger partial charge in [-0.3, -0.25) is 0 Å². The lowest BCUT2D eigenvalue weighted by molar-refractivity contribution is 0.0426. The molecule has 0 aliphatic rings. The molecule has 13 heteroatoms. The van der Waals surface area contributed by atoms with Crippen LogP contribution in [0.5, 0.6) is 5.75 Å². The van der Waals surface area contributed by atoms with Crippen molar-refractivity contribution in [2.45, 2.75) is 59.4 Å². The molecule has 10 nitrogen and oxygen atoms in total. The van der Waals surface area contributed by atoms with E-state index in [1.807, 2.05) is 0 Å². The van der Waals surface area contributed by atoms with E-state index >= 15 is 0 Å². The number of carboxylic acids is 1. The lowest BCUT2D eigenvalue weighted by Gasteiger charge is -2.28. The van der Waals surface area contributed by atoms with Crippen LogP contribution in [-0.2, 0) is 16.1 Å². The Balaban J connectivity index is 2.60. The number of benzene rings is 1. The Bertz CT molecular complexity index is 1120. The maximum Gasteiger partial charge on any atom is 0.425 e. The highest BCUT2D eigenvalue weighted by Gasteiger charge is 2.36. The number of aromatic carboxylic acids is 1. The molecule has 190 valence electrons. The maximum atomic E-state index is 13.9. The van der Waals surface area contributed by atoms with E-state index in [2.05, 4.69) is 10.2 Å². The van der Waals surface area contributed by atoms with Crippen molar-refractivity contribution < 1.29 is 38.1 Å². The van der Waals surface area contributed by atoms with E-state index in [-0.39, 0.29) is 21.4 Å². The first kappa shape index (κ1) is 28.1. The number of aromatic nitrogens is 2. The van der Waals surface area contributed by atoms with Gasteiger partial charge in [-0.1, -0.05) is 23.2 Å². The second-order valence-electron chi connectivity index (χ2n) is 9.13. The average Bonchev–Trinajstić information content (AvgIpc) is 2.69. The Morgan fingerprint density at radius 3 is 2.03 bits per heavy atom. The fraction of sp³-hybridized carbons (Fsp3) is 0.409. The monoisotopic (exact) mass is 531 g/mol. The van der Waals surface area contributed by atoms with Gasteiger partial charge in [-0.25, -0.2) is 18.8 Å². The molecule has 2 amide bonds. The van der Waals surface area contributed by atoms with Gasteiger partial charge in [0.2, 0.25) is 5.82 Å². The molecule has 0 fully saturated rings. The minimum absolute atomic E-state index is 0.0362. The van der Waals surface area contributed by atoms with Crippen LogP contribution < -0.4 is 9.64 Å². The Morgan fingerprint density at radius 2 is 1.54 bits per heavy atom. The van der Waals surface area contributed by atoms with Gasteiger partial charge in [0, 0.05) is 16.7 Å². The molecule has 0 unspecified atom stereocenters. The SMILES string of the molecule is CC(C)(C)OC(=O)N(C(=O)OC(C)(C)C)c1nnc(C(=O)O)cc1OCc1c(Cl)ccc(F)c1Cl. The first-order chi connectivity index (χ1) is 16.0. The van der Waals surface area contributed by atoms with Crippen LogP contribution in [0.1, 0.15) is 57.6 Å². The van der Waals surface area contributed by atoms with Crippen LogP contribution in [0.15, 0.2) is 18.2 Å². The number of halogens is 3. The summed E-state index contributed by atoms with van der Waals surface area (Å²) in [4.78, 5) is 37.8. The maximum absolute atomic E-state index is 13.9. The van der Waals surface area contributed by atoms with Crippen molar-refractivity contribution in [2.24, 2.45) is 0 Å². The summed E-state index contributed by atoms with van der Waals surface area (Å²) in [5, 5.41) is 16.3. The molecule has 0 aliphatic heterocycles. The summed E-state index contributed by atoms with van der Waals surface area (Å²) in [5.41, 5.74) is -2.56. The zero-order valence-electron chi connectivity index (χ0n) is 19.8. The number of rotatable bonds is 5. The van der Waals surface area contributed by atoms with Gasteiger partial charge in [0.15, 0.2) is 11.4 Å². The van der Waals surface area contributed by atoms with E-state index in [1.54, 1.807) is 41.5 Å². The summed E-state index contributed by atoms with van der Waals surface area (Å²) in [6.07, 6.45) is -2.37. The van der Waals surface area contributed by atoms with Crippen molar-refractivity contribution in [1.82, 2.24) is 10.2 Å². The number of carboxylic acid groups (broad SMARTS) is 1. The number of hydrogen-bond acceptors (Lipinski definition) is 8. The van der Waals surface area contributed by atoms with Gasteiger partial charge >= 0.3 is 18.2 Å². The van der Waals surface area contributed by atoms with E-state index in [1.165, 1.54) is 6.07 Å². The van der Waals surface area contributed by atoms with E-state index in [9.17, 15) is 23.9 Å². The second-order valence-corrected chi connectivity index (χ2v) is 9.91. The zero-order valence-corrected chi connectivity index (χ0v) is 21.3. The first-order valence-electron chi connectivity index (χ1n) is 10.1. The molecule has 2 aromatic rings. The van der Waals surface area contributed by atoms with Gasteiger partial charge in [0.1, 0.15) is 23.6 Å². The minimum atomic E-state index is -1.46. The molecule has 0 spiro atoms. The van der Waals surface area contributed by atoms with E-state index in [0.717, 1.165) is 12.1 Å². The number of carbonyl (C=O) groups excluding carboxylic acids is 2. The van der Waals surface area contributed by atoms with Gasteiger partial charge in [0.25, 0.3) is 0 Å². The predicted octanol–water partition coefficient (Wildman–Crippen LogP) is 5.88. The van der Waals surface area contributed by atoms with Gasteiger partial charge < -0.3 is 19.3 Å². The topological polar surface area (TPSA) is 128 Å². The third kappa shape index (κ3) is 7.66. The number of ether oxygens (including phenoxy) is 3. The Hall–Kier alpha value is -3.18. The van der Waals surface area contributed by atoms with Gasteiger partial charge in [0.05, 0.1) is 5.02 Å². The lowest BCUT2D eigenvalue weighted by Crippen LogP contribution is -2.44. The standard InChI is InChI=1S/C22H24Cl2FN3O7/c1-21(2,3)34-19(31)28(20(32)35-22(4,5)6)17-15(9-14(18(29)30)26-27-17)33-10-11-12(23)7-8-13(25)16(11)24/h7-9H,10H2,1-6H3,(H,29,30). The van der Waals surface area contributed by atoms with Gasteiger partial charge in [-0.05, 0) is 53.7 Å². The predicted molar refractivity (Wildman–Crippen MR) is 125 cm³/mol. The minimum Gasteiger partial charge on any atom is -0.485 e. The van der Waals surface area contributed by atoms with Crippen LogP contribution in [-0.4, -0.2) is 44.7 Å². The highest BCUT2D eigenvalue weighted by atomic mass is 35.5. The van der Waals surface area contributed by atoms with Crippen molar-refractivity contribution in [1.29, 1.82) is 0 Å². The van der Waals surface area contributed by atoms with Crippen molar-refractivity contribution in [3.63, 3.8) is 0 Å². The number of nitrogens with zero attached hydrogens (tertiary/aromatic N) is 3. The van der Waals surface area contributed by atoms with Crippen LogP contribution in [0.2, 0.25) is 10.0 Å². The van der Waals surface area contributed by atoms with Crippen molar-refractivity contribution in [3.8, 4) is 5.75 Å². The van der Waals surface area contributed by atoms with Gasteiger partial charge in [-0.15, -0.1) is 10.2 Å². The molecule has 1 aromatic heterocycles. The van der Waals surface area contributed by atoms with Crippen LogP contribution in [0.4, 0.5) is 19.8 Å². The molecule has 1 heterocycles. The number of hydrogen-bond donors (Lipinski definition) is 1. The van der Waals surface area contributed by atoms with Crippen molar-refractivity contribution >= 4 is 47.2 Å². The van der Waals surface area contributed by atoms with Crippen LogP contribution in [0, 0.1) is 5.82 Å². The first-order valence-corrected chi connectivity index (χ1v) is 10.9. The van der Waals surface area contributed by atoms with Crippen molar-refractivity contribution in [2.75, 3.05) is 4.90 Å². The number of amides is 2. The molecule has 0 radical (unpaired) electrons. The molecule has 2 rings (SSSR count). The van der Waals surface area contributed by atoms with E-state index in [4.69, 9.17) is 37.4 Å². The Labute approximate surface area is 210 Å². The zero-order chi connectivity index (χ0) is 26.7. The fourth-order valence-corrected chi connectivity index (χ4v) is 2.93. The van der Waals surface area contributed by atoms with Crippen LogP contribution in [0.25, 0.3) is 0 Å². The smallest absolute Gasteiger partial charge is 0.425 e. The van der Waals surface area contributed by atoms with Crippen LogP contribution in [0.3, 0.4) is 0 Å². The van der Waals surface area contributed by atoms with E-state index < -0.39 is 53.3 Å². The summed E-state index contributed by atoms with van der Waals surface area (Å²) in [7, 11) is 0. The summed E-state index contributed by atoms with van der Waals surface area (Å²) >= 11 is 12.1. The molecule has 0 atom stereocenters. The number of anilines is 1. The molecule has 0 aliphatic carbocycles. The summed E-state index contributed by atoms with van der Waals surface area (Å²) < 4.78 is 30.1. The van der Waals surface area contributed by atoms with Gasteiger partial charge in [-0.2, -0.15) is 4.90 Å². The Kier molecular flexibility index (Phi) is 8.51. The lowest BCUT2D eigenvalue weighted by atomic mass is 10.2. The molecule has 0 saturated carbocycles. The summed E-state index contributed by atoms with van der Waals surface area (Å²) in [6.45, 7) is 8.96. The summed E-state index contributed by atoms with van der Waals surface area (Å²) in [5.74, 6) is -3.14. The third-order valence-corrected chi connectivity index (χ3v) is 4.60. The van der Waals surface area contributed by atoms with Crippen LogP contribution >= 0.6 is 23.2 Å². The molecule has 1 aromatic carbocycles. The van der Waals surface area contributed by atoms with E-state index in [0.29, 0.717) is 4.90 Å². The third-order valence-electron chi connectivity index (χ3n) is 3.83. The molecular weight excluding hydrogens is 508 g/mol.